The lowest BCUT2D eigenvalue weighted by Gasteiger charge is -2.32. The molecule has 2 aliphatic carbocycles. The van der Waals surface area contributed by atoms with E-state index in [4.69, 9.17) is 4.74 Å². The topological polar surface area (TPSA) is 9.23 Å². The lowest BCUT2D eigenvalue weighted by atomic mass is 9.76. The number of rotatable bonds is 13. The van der Waals surface area contributed by atoms with Crippen LogP contribution in [0.15, 0.2) is 0 Å². The standard InChI is InChI=1S/C25H48O/c1-3-5-7-8-9-10-22-11-13-23(14-12-22)15-16-24-17-19-25(20-18-24)26-21-6-4-2/h22-25H,3-21H2,1-2H3. The average Bonchev–Trinajstić information content (AvgIpc) is 2.68. The summed E-state index contributed by atoms with van der Waals surface area (Å²) in [6.07, 6.45) is 26.6. The molecule has 0 aliphatic heterocycles. The van der Waals surface area contributed by atoms with E-state index in [2.05, 4.69) is 13.8 Å². The zero-order chi connectivity index (χ0) is 18.5. The van der Waals surface area contributed by atoms with Gasteiger partial charge >= 0.3 is 0 Å². The summed E-state index contributed by atoms with van der Waals surface area (Å²) in [6.45, 7) is 5.56. The quantitative estimate of drug-likeness (QED) is 0.298. The van der Waals surface area contributed by atoms with Gasteiger partial charge < -0.3 is 4.74 Å². The van der Waals surface area contributed by atoms with E-state index in [-0.39, 0.29) is 0 Å². The fraction of sp³-hybridized carbons (Fsp3) is 1.00. The largest absolute Gasteiger partial charge is 0.378 e. The minimum Gasteiger partial charge on any atom is -0.378 e. The second-order valence-electron chi connectivity index (χ2n) is 9.53. The van der Waals surface area contributed by atoms with Gasteiger partial charge in [-0.15, -0.1) is 0 Å². The van der Waals surface area contributed by atoms with Gasteiger partial charge in [-0.2, -0.15) is 0 Å². The van der Waals surface area contributed by atoms with E-state index >= 15 is 0 Å². The Hall–Kier alpha value is -0.0400. The summed E-state index contributed by atoms with van der Waals surface area (Å²) < 4.78 is 6.03. The van der Waals surface area contributed by atoms with E-state index < -0.39 is 0 Å². The molecule has 1 heteroatoms. The van der Waals surface area contributed by atoms with Crippen LogP contribution in [0.25, 0.3) is 0 Å². The molecule has 0 aromatic carbocycles. The molecule has 0 bridgehead atoms. The third kappa shape index (κ3) is 9.25. The average molecular weight is 365 g/mol. The molecule has 2 aliphatic rings. The Balaban J connectivity index is 1.46. The van der Waals surface area contributed by atoms with Crippen molar-refractivity contribution in [2.24, 2.45) is 17.8 Å². The second-order valence-corrected chi connectivity index (χ2v) is 9.53. The zero-order valence-electron chi connectivity index (χ0n) is 18.2. The highest BCUT2D eigenvalue weighted by Gasteiger charge is 2.24. The first-order valence-corrected chi connectivity index (χ1v) is 12.4. The highest BCUT2D eigenvalue weighted by Crippen LogP contribution is 2.37. The lowest BCUT2D eigenvalue weighted by Crippen LogP contribution is -2.23. The molecule has 0 saturated heterocycles. The van der Waals surface area contributed by atoms with Crippen LogP contribution in [0.3, 0.4) is 0 Å². The monoisotopic (exact) mass is 364 g/mol. The van der Waals surface area contributed by atoms with Crippen molar-refractivity contribution in [3.05, 3.63) is 0 Å². The summed E-state index contributed by atoms with van der Waals surface area (Å²) in [6, 6.07) is 0. The van der Waals surface area contributed by atoms with Gasteiger partial charge in [0.25, 0.3) is 0 Å². The summed E-state index contributed by atoms with van der Waals surface area (Å²) in [5.41, 5.74) is 0. The molecule has 1 nitrogen and oxygen atoms in total. The molecule has 0 spiro atoms. The molecule has 2 saturated carbocycles. The van der Waals surface area contributed by atoms with E-state index in [0.717, 1.165) is 24.4 Å². The van der Waals surface area contributed by atoms with Gasteiger partial charge in [0.15, 0.2) is 0 Å². The summed E-state index contributed by atoms with van der Waals surface area (Å²) >= 11 is 0. The van der Waals surface area contributed by atoms with Gasteiger partial charge in [-0.3, -0.25) is 0 Å². The molecular formula is C25H48O. The van der Waals surface area contributed by atoms with Crippen molar-refractivity contribution in [3.8, 4) is 0 Å². The van der Waals surface area contributed by atoms with Crippen LogP contribution in [-0.2, 0) is 4.74 Å². The maximum Gasteiger partial charge on any atom is 0.0575 e. The van der Waals surface area contributed by atoms with Crippen LogP contribution in [0.2, 0.25) is 0 Å². The van der Waals surface area contributed by atoms with Crippen molar-refractivity contribution >= 4 is 0 Å². The van der Waals surface area contributed by atoms with E-state index in [9.17, 15) is 0 Å². The number of hydrogen-bond donors (Lipinski definition) is 0. The Bertz CT molecular complexity index is 310. The molecule has 0 aromatic heterocycles. The van der Waals surface area contributed by atoms with Crippen molar-refractivity contribution in [2.75, 3.05) is 6.61 Å². The maximum atomic E-state index is 6.03. The SMILES string of the molecule is CCCCCCCC1CCC(CCC2CCC(OCCCC)CC2)CC1. The molecular weight excluding hydrogens is 316 g/mol. The summed E-state index contributed by atoms with van der Waals surface area (Å²) in [4.78, 5) is 0. The molecule has 2 fully saturated rings. The Morgan fingerprint density at radius 3 is 1.62 bits per heavy atom. The minimum absolute atomic E-state index is 0.588. The minimum atomic E-state index is 0.588. The maximum absolute atomic E-state index is 6.03. The van der Waals surface area contributed by atoms with Gasteiger partial charge in [0, 0.05) is 6.61 Å². The Labute approximate surface area is 165 Å². The fourth-order valence-corrected chi connectivity index (χ4v) is 5.30. The fourth-order valence-electron chi connectivity index (χ4n) is 5.30. The van der Waals surface area contributed by atoms with Crippen molar-refractivity contribution in [2.45, 2.75) is 136 Å². The molecule has 0 radical (unpaired) electrons. The molecule has 26 heavy (non-hydrogen) atoms. The van der Waals surface area contributed by atoms with Crippen molar-refractivity contribution in [3.63, 3.8) is 0 Å². The van der Waals surface area contributed by atoms with E-state index in [1.165, 1.54) is 116 Å². The Morgan fingerprint density at radius 2 is 1.04 bits per heavy atom. The zero-order valence-corrected chi connectivity index (χ0v) is 18.2. The molecule has 0 heterocycles. The number of ether oxygens (including phenoxy) is 1. The third-order valence-corrected chi connectivity index (χ3v) is 7.31. The van der Waals surface area contributed by atoms with Crippen LogP contribution in [0.5, 0.6) is 0 Å². The van der Waals surface area contributed by atoms with Crippen molar-refractivity contribution in [1.29, 1.82) is 0 Å². The molecule has 2 rings (SSSR count). The summed E-state index contributed by atoms with van der Waals surface area (Å²) in [5, 5.41) is 0. The van der Waals surface area contributed by atoms with Crippen LogP contribution < -0.4 is 0 Å². The summed E-state index contributed by atoms with van der Waals surface area (Å²) in [7, 11) is 0. The van der Waals surface area contributed by atoms with Crippen LogP contribution in [0.4, 0.5) is 0 Å². The van der Waals surface area contributed by atoms with Crippen molar-refractivity contribution < 1.29 is 4.74 Å². The van der Waals surface area contributed by atoms with Gasteiger partial charge in [0.05, 0.1) is 6.10 Å². The number of hydrogen-bond acceptors (Lipinski definition) is 1. The van der Waals surface area contributed by atoms with Gasteiger partial charge in [0.1, 0.15) is 0 Å². The molecule has 0 unspecified atom stereocenters. The smallest absolute Gasteiger partial charge is 0.0575 e. The van der Waals surface area contributed by atoms with Crippen LogP contribution >= 0.6 is 0 Å². The predicted octanol–water partition coefficient (Wildman–Crippen LogP) is 8.31. The van der Waals surface area contributed by atoms with Crippen molar-refractivity contribution in [1.82, 2.24) is 0 Å². The highest BCUT2D eigenvalue weighted by atomic mass is 16.5. The summed E-state index contributed by atoms with van der Waals surface area (Å²) in [5.74, 6) is 3.14. The molecule has 154 valence electrons. The van der Waals surface area contributed by atoms with E-state index in [1.807, 2.05) is 0 Å². The predicted molar refractivity (Wildman–Crippen MR) is 115 cm³/mol. The van der Waals surface area contributed by atoms with Gasteiger partial charge in [-0.05, 0) is 49.9 Å². The molecule has 0 atom stereocenters. The van der Waals surface area contributed by atoms with Gasteiger partial charge in [-0.25, -0.2) is 0 Å². The van der Waals surface area contributed by atoms with Gasteiger partial charge in [0.2, 0.25) is 0 Å². The first kappa shape index (κ1) is 22.3. The second kappa shape index (κ2) is 14.0. The molecule has 0 amide bonds. The highest BCUT2D eigenvalue weighted by molar-refractivity contribution is 4.77. The molecule has 0 aromatic rings. The molecule has 0 N–H and O–H groups in total. The Kier molecular flexibility index (Phi) is 12.0. The first-order valence-electron chi connectivity index (χ1n) is 12.4. The first-order chi connectivity index (χ1) is 12.8. The van der Waals surface area contributed by atoms with Crippen LogP contribution in [-0.4, -0.2) is 12.7 Å². The number of unbranched alkanes of at least 4 members (excludes halogenated alkanes) is 5. The third-order valence-electron chi connectivity index (χ3n) is 7.31. The lowest BCUT2D eigenvalue weighted by molar-refractivity contribution is 0.0150. The van der Waals surface area contributed by atoms with Crippen LogP contribution in [0, 0.1) is 17.8 Å². The van der Waals surface area contributed by atoms with Gasteiger partial charge in [-0.1, -0.05) is 97.3 Å². The van der Waals surface area contributed by atoms with Crippen LogP contribution in [0.1, 0.15) is 129 Å². The Morgan fingerprint density at radius 1 is 0.538 bits per heavy atom. The normalized spacial score (nSPS) is 29.8. The van der Waals surface area contributed by atoms with E-state index in [0.29, 0.717) is 6.10 Å². The van der Waals surface area contributed by atoms with E-state index in [1.54, 1.807) is 0 Å².